The van der Waals surface area contributed by atoms with E-state index in [2.05, 4.69) is 0 Å². The van der Waals surface area contributed by atoms with Gasteiger partial charge in [0.2, 0.25) is 5.78 Å². The Morgan fingerprint density at radius 2 is 1.74 bits per heavy atom. The number of ketones is 1. The van der Waals surface area contributed by atoms with Crippen LogP contribution >= 0.6 is 0 Å². The van der Waals surface area contributed by atoms with E-state index in [1.165, 1.54) is 0 Å². The second-order valence-corrected chi connectivity index (χ2v) is 4.54. The second kappa shape index (κ2) is 4.76. The number of hydrogen-bond donors (Lipinski definition) is 0. The van der Waals surface area contributed by atoms with Crippen molar-refractivity contribution in [1.29, 1.82) is 0 Å². The zero-order valence-electron chi connectivity index (χ0n) is 10.6. The van der Waals surface area contributed by atoms with Gasteiger partial charge in [-0.25, -0.2) is 0 Å². The van der Waals surface area contributed by atoms with Crippen LogP contribution in [0.4, 0.5) is 0 Å². The monoisotopic (exact) mass is 254 g/mol. The smallest absolute Gasteiger partial charge is 0.207 e. The van der Waals surface area contributed by atoms with Crippen LogP contribution < -0.4 is 9.47 Å². The Morgan fingerprint density at radius 1 is 1.05 bits per heavy atom. The Labute approximate surface area is 111 Å². The molecule has 0 saturated carbocycles. The van der Waals surface area contributed by atoms with Crippen LogP contribution in [-0.2, 0) is 0 Å². The number of carbonyl (C=O) groups excluding carboxylic acids is 1. The van der Waals surface area contributed by atoms with Gasteiger partial charge in [0.05, 0.1) is 0 Å². The van der Waals surface area contributed by atoms with Crippen LogP contribution in [0.25, 0.3) is 0 Å². The summed E-state index contributed by atoms with van der Waals surface area (Å²) in [5.41, 5.74) is 1.64. The van der Waals surface area contributed by atoms with Gasteiger partial charge in [0.25, 0.3) is 0 Å². The molecule has 1 heterocycles. The van der Waals surface area contributed by atoms with Crippen molar-refractivity contribution in [3.8, 4) is 11.5 Å². The Kier molecular flexibility index (Phi) is 2.95. The maximum absolute atomic E-state index is 12.4. The Morgan fingerprint density at radius 3 is 2.53 bits per heavy atom. The fourth-order valence-corrected chi connectivity index (χ4v) is 2.17. The third kappa shape index (κ3) is 2.19. The van der Waals surface area contributed by atoms with Gasteiger partial charge in [-0.3, -0.25) is 4.79 Å². The average molecular weight is 254 g/mol. The number of rotatable bonds is 2. The zero-order chi connectivity index (χ0) is 13.2. The lowest BCUT2D eigenvalue weighted by Crippen LogP contribution is -2.36. The lowest BCUT2D eigenvalue weighted by Gasteiger charge is -2.25. The zero-order valence-corrected chi connectivity index (χ0v) is 10.6. The van der Waals surface area contributed by atoms with Crippen molar-refractivity contribution in [2.24, 2.45) is 0 Å². The summed E-state index contributed by atoms with van der Waals surface area (Å²) in [5.74, 6) is 1.28. The van der Waals surface area contributed by atoms with E-state index in [9.17, 15) is 4.79 Å². The number of para-hydroxylation sites is 2. The third-order valence-electron chi connectivity index (χ3n) is 3.21. The van der Waals surface area contributed by atoms with E-state index in [1.54, 1.807) is 0 Å². The van der Waals surface area contributed by atoms with Crippen molar-refractivity contribution in [3.05, 3.63) is 59.7 Å². The van der Waals surface area contributed by atoms with E-state index in [-0.39, 0.29) is 12.4 Å². The first-order valence-corrected chi connectivity index (χ1v) is 6.24. The summed E-state index contributed by atoms with van der Waals surface area (Å²) in [6.07, 6.45) is -0.573. The SMILES string of the molecule is Cc1ccccc1C(=O)C1COc2ccccc2O1. The highest BCUT2D eigenvalue weighted by Gasteiger charge is 2.28. The van der Waals surface area contributed by atoms with Gasteiger partial charge in [-0.2, -0.15) is 0 Å². The van der Waals surface area contributed by atoms with E-state index in [0.717, 1.165) is 5.56 Å². The minimum Gasteiger partial charge on any atom is -0.485 e. The summed E-state index contributed by atoms with van der Waals surface area (Å²) >= 11 is 0. The minimum atomic E-state index is -0.573. The molecule has 0 N–H and O–H groups in total. The largest absolute Gasteiger partial charge is 0.485 e. The normalized spacial score (nSPS) is 17.0. The van der Waals surface area contributed by atoms with E-state index in [4.69, 9.17) is 9.47 Å². The quantitative estimate of drug-likeness (QED) is 0.773. The molecule has 0 saturated heterocycles. The van der Waals surface area contributed by atoms with Crippen molar-refractivity contribution in [1.82, 2.24) is 0 Å². The predicted molar refractivity (Wildman–Crippen MR) is 71.9 cm³/mol. The topological polar surface area (TPSA) is 35.5 Å². The molecule has 3 rings (SSSR count). The van der Waals surface area contributed by atoms with Gasteiger partial charge in [-0.1, -0.05) is 36.4 Å². The highest BCUT2D eigenvalue weighted by atomic mass is 16.6. The molecule has 0 fully saturated rings. The minimum absolute atomic E-state index is 0.0346. The van der Waals surface area contributed by atoms with E-state index < -0.39 is 6.10 Å². The molecule has 0 aromatic heterocycles. The number of benzene rings is 2. The fraction of sp³-hybridized carbons (Fsp3) is 0.188. The molecule has 3 nitrogen and oxygen atoms in total. The number of Topliss-reactive ketones (excluding diaryl/α,β-unsaturated/α-hetero) is 1. The Hall–Kier alpha value is -2.29. The fourth-order valence-electron chi connectivity index (χ4n) is 2.17. The summed E-state index contributed by atoms with van der Waals surface area (Å²) in [6.45, 7) is 2.18. The van der Waals surface area contributed by atoms with Gasteiger partial charge in [0.15, 0.2) is 17.6 Å². The highest BCUT2D eigenvalue weighted by Crippen LogP contribution is 2.31. The molecule has 19 heavy (non-hydrogen) atoms. The van der Waals surface area contributed by atoms with Gasteiger partial charge >= 0.3 is 0 Å². The molecule has 0 amide bonds. The molecule has 0 spiro atoms. The third-order valence-corrected chi connectivity index (χ3v) is 3.21. The molecular weight excluding hydrogens is 240 g/mol. The van der Waals surface area contributed by atoms with Crippen LogP contribution in [0.1, 0.15) is 15.9 Å². The molecule has 1 atom stereocenters. The van der Waals surface area contributed by atoms with Crippen LogP contribution in [0.15, 0.2) is 48.5 Å². The molecule has 0 radical (unpaired) electrons. The maximum atomic E-state index is 12.4. The van der Waals surface area contributed by atoms with Crippen molar-refractivity contribution in [3.63, 3.8) is 0 Å². The number of carbonyl (C=O) groups is 1. The second-order valence-electron chi connectivity index (χ2n) is 4.54. The predicted octanol–water partition coefficient (Wildman–Crippen LogP) is 3.02. The number of hydrogen-bond acceptors (Lipinski definition) is 3. The molecule has 1 unspecified atom stereocenters. The number of ether oxygens (including phenoxy) is 2. The standard InChI is InChI=1S/C16H14O3/c1-11-6-2-3-7-12(11)16(17)15-10-18-13-8-4-5-9-14(13)19-15/h2-9,15H,10H2,1H3. The highest BCUT2D eigenvalue weighted by molar-refractivity contribution is 6.01. The molecule has 2 aromatic carbocycles. The van der Waals surface area contributed by atoms with Crippen molar-refractivity contribution in [2.45, 2.75) is 13.0 Å². The molecule has 1 aliphatic heterocycles. The van der Waals surface area contributed by atoms with Crippen molar-refractivity contribution < 1.29 is 14.3 Å². The first kappa shape index (κ1) is 11.8. The van der Waals surface area contributed by atoms with Gasteiger partial charge in [0, 0.05) is 5.56 Å². The first-order valence-electron chi connectivity index (χ1n) is 6.24. The van der Waals surface area contributed by atoms with Crippen LogP contribution in [-0.4, -0.2) is 18.5 Å². The van der Waals surface area contributed by atoms with Crippen molar-refractivity contribution >= 4 is 5.78 Å². The van der Waals surface area contributed by atoms with E-state index in [0.29, 0.717) is 17.1 Å². The molecule has 2 aromatic rings. The molecule has 0 bridgehead atoms. The van der Waals surface area contributed by atoms with Gasteiger partial charge in [-0.05, 0) is 24.6 Å². The molecule has 1 aliphatic rings. The number of aryl methyl sites for hydroxylation is 1. The lowest BCUT2D eigenvalue weighted by molar-refractivity contribution is 0.0585. The van der Waals surface area contributed by atoms with E-state index >= 15 is 0 Å². The van der Waals surface area contributed by atoms with Crippen LogP contribution in [0.2, 0.25) is 0 Å². The average Bonchev–Trinajstić information content (AvgIpc) is 2.46. The maximum Gasteiger partial charge on any atom is 0.207 e. The summed E-state index contributed by atoms with van der Waals surface area (Å²) < 4.78 is 11.3. The Bertz CT molecular complexity index is 619. The van der Waals surface area contributed by atoms with Gasteiger partial charge in [0.1, 0.15) is 6.61 Å². The van der Waals surface area contributed by atoms with Crippen LogP contribution in [0.5, 0.6) is 11.5 Å². The summed E-state index contributed by atoms with van der Waals surface area (Å²) in [6, 6.07) is 14.9. The molecule has 3 heteroatoms. The summed E-state index contributed by atoms with van der Waals surface area (Å²) in [5, 5.41) is 0. The molecule has 96 valence electrons. The number of fused-ring (bicyclic) bond motifs is 1. The first-order chi connectivity index (χ1) is 9.25. The lowest BCUT2D eigenvalue weighted by atomic mass is 10.0. The summed E-state index contributed by atoms with van der Waals surface area (Å²) in [4.78, 5) is 12.4. The van der Waals surface area contributed by atoms with Crippen LogP contribution in [0.3, 0.4) is 0 Å². The summed E-state index contributed by atoms with van der Waals surface area (Å²) in [7, 11) is 0. The van der Waals surface area contributed by atoms with E-state index in [1.807, 2.05) is 55.5 Å². The van der Waals surface area contributed by atoms with Crippen LogP contribution in [0, 0.1) is 6.92 Å². The van der Waals surface area contributed by atoms with Gasteiger partial charge in [-0.15, -0.1) is 0 Å². The van der Waals surface area contributed by atoms with Crippen molar-refractivity contribution in [2.75, 3.05) is 6.61 Å². The Balaban J connectivity index is 1.86. The molecular formula is C16H14O3. The van der Waals surface area contributed by atoms with Gasteiger partial charge < -0.3 is 9.47 Å². The molecule has 0 aliphatic carbocycles.